The second-order valence-corrected chi connectivity index (χ2v) is 16.3. The summed E-state index contributed by atoms with van der Waals surface area (Å²) in [5.74, 6) is 0.985. The van der Waals surface area contributed by atoms with Crippen molar-refractivity contribution in [1.82, 2.24) is 4.90 Å². The molecule has 3 unspecified atom stereocenters. The molecule has 0 aromatic carbocycles. The summed E-state index contributed by atoms with van der Waals surface area (Å²) in [6, 6.07) is 0. The van der Waals surface area contributed by atoms with Crippen LogP contribution >= 0.6 is 0 Å². The number of carbonyl (C=O) groups excluding carboxylic acids is 2. The number of ether oxygens (including phenoxy) is 2. The van der Waals surface area contributed by atoms with Crippen molar-refractivity contribution in [2.45, 2.75) is 240 Å². The molecule has 7 heteroatoms. The number of nitrogens with zero attached hydrogens (tertiary/aromatic N) is 1. The number of unbranched alkanes of at least 4 members (excludes halogenated alkanes) is 20. The minimum absolute atomic E-state index is 0.0255. The zero-order valence-corrected chi connectivity index (χ0v) is 36.9. The highest BCUT2D eigenvalue weighted by atomic mass is 16.5. The van der Waals surface area contributed by atoms with Crippen LogP contribution in [0.1, 0.15) is 234 Å². The van der Waals surface area contributed by atoms with Gasteiger partial charge in [0.15, 0.2) is 0 Å². The summed E-state index contributed by atoms with van der Waals surface area (Å²) in [7, 11) is 0. The number of aliphatic hydroxyl groups excluding tert-OH is 2. The number of esters is 1. The SMILES string of the molecule is CCCCCCCCC(C)CCCCCC.CCCCCCCCC(CCCCCC)C(=O)OCCCCC(O)CN(CCO)CCCCCCOC=O. The van der Waals surface area contributed by atoms with E-state index in [1.165, 1.54) is 128 Å². The summed E-state index contributed by atoms with van der Waals surface area (Å²) in [5, 5.41) is 19.8. The lowest BCUT2D eigenvalue weighted by Gasteiger charge is -2.24. The summed E-state index contributed by atoms with van der Waals surface area (Å²) in [5.41, 5.74) is 0. The molecule has 0 aliphatic rings. The Morgan fingerprint density at radius 1 is 0.556 bits per heavy atom. The highest BCUT2D eigenvalue weighted by molar-refractivity contribution is 5.72. The third-order valence-electron chi connectivity index (χ3n) is 10.9. The first kappa shape index (κ1) is 54.9. The van der Waals surface area contributed by atoms with Crippen LogP contribution in [0.3, 0.4) is 0 Å². The van der Waals surface area contributed by atoms with E-state index < -0.39 is 6.10 Å². The van der Waals surface area contributed by atoms with E-state index in [-0.39, 0.29) is 18.5 Å². The average Bonchev–Trinajstić information content (AvgIpc) is 3.16. The van der Waals surface area contributed by atoms with E-state index in [1.54, 1.807) is 0 Å². The molecule has 0 heterocycles. The Balaban J connectivity index is 0. The fourth-order valence-electron chi connectivity index (χ4n) is 7.23. The van der Waals surface area contributed by atoms with Gasteiger partial charge < -0.3 is 19.7 Å². The van der Waals surface area contributed by atoms with Crippen LogP contribution in [-0.4, -0.2) is 73.1 Å². The summed E-state index contributed by atoms with van der Waals surface area (Å²) in [6.45, 7) is 14.9. The largest absolute Gasteiger partial charge is 0.468 e. The zero-order valence-electron chi connectivity index (χ0n) is 36.9. The number of rotatable bonds is 42. The van der Waals surface area contributed by atoms with Crippen LogP contribution in [-0.2, 0) is 19.1 Å². The van der Waals surface area contributed by atoms with Gasteiger partial charge in [-0.3, -0.25) is 14.5 Å². The highest BCUT2D eigenvalue weighted by Crippen LogP contribution is 2.21. The van der Waals surface area contributed by atoms with E-state index in [0.29, 0.717) is 39.2 Å². The summed E-state index contributed by atoms with van der Waals surface area (Å²) < 4.78 is 10.4. The van der Waals surface area contributed by atoms with E-state index in [4.69, 9.17) is 9.47 Å². The van der Waals surface area contributed by atoms with Gasteiger partial charge in [-0.05, 0) is 57.4 Å². The van der Waals surface area contributed by atoms with Crippen molar-refractivity contribution in [2.24, 2.45) is 11.8 Å². The average molecular weight is 770 g/mol. The Kier molecular flexibility index (Phi) is 47.0. The van der Waals surface area contributed by atoms with Crippen LogP contribution in [0.25, 0.3) is 0 Å². The molecule has 0 aliphatic carbocycles. The molecule has 54 heavy (non-hydrogen) atoms. The first-order valence-corrected chi connectivity index (χ1v) is 23.6. The molecule has 0 fully saturated rings. The van der Waals surface area contributed by atoms with Gasteiger partial charge >= 0.3 is 5.97 Å². The van der Waals surface area contributed by atoms with E-state index >= 15 is 0 Å². The van der Waals surface area contributed by atoms with Gasteiger partial charge in [0.2, 0.25) is 0 Å². The van der Waals surface area contributed by atoms with Gasteiger partial charge in [0.25, 0.3) is 6.47 Å². The van der Waals surface area contributed by atoms with E-state index in [1.807, 2.05) is 0 Å². The van der Waals surface area contributed by atoms with Crippen LogP contribution < -0.4 is 0 Å². The summed E-state index contributed by atoms with van der Waals surface area (Å²) >= 11 is 0. The zero-order chi connectivity index (χ0) is 40.2. The van der Waals surface area contributed by atoms with Crippen LogP contribution in [0.4, 0.5) is 0 Å². The molecule has 0 radical (unpaired) electrons. The van der Waals surface area contributed by atoms with E-state index in [0.717, 1.165) is 76.7 Å². The molecule has 0 saturated carbocycles. The Morgan fingerprint density at radius 2 is 0.981 bits per heavy atom. The van der Waals surface area contributed by atoms with Gasteiger partial charge in [0.1, 0.15) is 0 Å². The predicted molar refractivity (Wildman–Crippen MR) is 231 cm³/mol. The molecule has 0 aromatic rings. The number of carbonyl (C=O) groups is 2. The Morgan fingerprint density at radius 3 is 1.50 bits per heavy atom. The van der Waals surface area contributed by atoms with Crippen molar-refractivity contribution < 1.29 is 29.3 Å². The molecule has 0 rings (SSSR count). The van der Waals surface area contributed by atoms with Crippen molar-refractivity contribution in [1.29, 1.82) is 0 Å². The minimum Gasteiger partial charge on any atom is -0.468 e. The van der Waals surface area contributed by atoms with Crippen molar-refractivity contribution in [3.8, 4) is 0 Å². The van der Waals surface area contributed by atoms with E-state index in [9.17, 15) is 19.8 Å². The van der Waals surface area contributed by atoms with Gasteiger partial charge in [-0.15, -0.1) is 0 Å². The summed E-state index contributed by atoms with van der Waals surface area (Å²) in [6.07, 6.45) is 37.1. The van der Waals surface area contributed by atoms with Gasteiger partial charge in [0, 0.05) is 13.1 Å². The van der Waals surface area contributed by atoms with Crippen LogP contribution in [0.15, 0.2) is 0 Å². The van der Waals surface area contributed by atoms with Crippen LogP contribution in [0.2, 0.25) is 0 Å². The smallest absolute Gasteiger partial charge is 0.308 e. The summed E-state index contributed by atoms with van der Waals surface area (Å²) in [4.78, 5) is 25.0. The number of aliphatic hydroxyl groups is 2. The number of hydrogen-bond acceptors (Lipinski definition) is 7. The molecule has 3 atom stereocenters. The maximum absolute atomic E-state index is 12.8. The molecule has 0 saturated heterocycles. The molecule has 0 amide bonds. The van der Waals surface area contributed by atoms with Gasteiger partial charge in [-0.1, -0.05) is 189 Å². The second kappa shape index (κ2) is 46.2. The fourth-order valence-corrected chi connectivity index (χ4v) is 7.23. The molecule has 0 spiro atoms. The van der Waals surface area contributed by atoms with Crippen LogP contribution in [0.5, 0.6) is 0 Å². The Hall–Kier alpha value is -1.18. The second-order valence-electron chi connectivity index (χ2n) is 16.3. The molecule has 324 valence electrons. The topological polar surface area (TPSA) is 96.3 Å². The highest BCUT2D eigenvalue weighted by Gasteiger charge is 2.19. The maximum atomic E-state index is 12.8. The lowest BCUT2D eigenvalue weighted by Crippen LogP contribution is -2.35. The van der Waals surface area contributed by atoms with Crippen molar-refractivity contribution in [2.75, 3.05) is 39.5 Å². The van der Waals surface area contributed by atoms with Gasteiger partial charge in [-0.25, -0.2) is 0 Å². The predicted octanol–water partition coefficient (Wildman–Crippen LogP) is 12.8. The lowest BCUT2D eigenvalue weighted by atomic mass is 9.94. The Labute approximate surface area is 336 Å². The van der Waals surface area contributed by atoms with Gasteiger partial charge in [-0.2, -0.15) is 0 Å². The molecule has 0 aliphatic heterocycles. The van der Waals surface area contributed by atoms with Gasteiger partial charge in [0.05, 0.1) is 31.8 Å². The van der Waals surface area contributed by atoms with Crippen LogP contribution in [0, 0.1) is 11.8 Å². The monoisotopic (exact) mass is 770 g/mol. The standard InChI is InChI=1S/C31H61NO6.C16H34/c1-3-5-7-9-10-14-20-29(19-13-8-6-4-2)31(36)38-26-18-15-21-30(35)27-32(23-24-33)22-16-11-12-17-25-37-28-34;1-4-6-8-10-11-13-15-16(3)14-12-9-7-5-2/h28-30,33,35H,3-27H2,1-2H3;16H,4-15H2,1-3H3. The molecular formula is C47H95NO6. The molecule has 0 aromatic heterocycles. The third kappa shape index (κ3) is 42.0. The first-order valence-electron chi connectivity index (χ1n) is 23.6. The Bertz CT molecular complexity index is 737. The van der Waals surface area contributed by atoms with Crippen molar-refractivity contribution >= 4 is 12.4 Å². The maximum Gasteiger partial charge on any atom is 0.308 e. The van der Waals surface area contributed by atoms with E-state index in [2.05, 4.69) is 39.5 Å². The lowest BCUT2D eigenvalue weighted by molar-refractivity contribution is -0.149. The van der Waals surface area contributed by atoms with Crippen molar-refractivity contribution in [3.05, 3.63) is 0 Å². The fraction of sp³-hybridized carbons (Fsp3) is 0.957. The van der Waals surface area contributed by atoms with Crippen molar-refractivity contribution in [3.63, 3.8) is 0 Å². The molecule has 7 nitrogen and oxygen atoms in total. The molecular weight excluding hydrogens is 675 g/mol. The first-order chi connectivity index (χ1) is 26.4. The third-order valence-corrected chi connectivity index (χ3v) is 10.9. The number of hydrogen-bond donors (Lipinski definition) is 2. The molecule has 0 bridgehead atoms. The normalized spacial score (nSPS) is 13.0. The minimum atomic E-state index is -0.447. The molecule has 2 N–H and O–H groups in total. The quantitative estimate of drug-likeness (QED) is 0.0362.